The number of anilines is 1. The largest absolute Gasteiger partial charge is 0.459 e. The Morgan fingerprint density at radius 3 is 2.84 bits per heavy atom. The molecular formula is C15H20N2O2. The summed E-state index contributed by atoms with van der Waals surface area (Å²) in [7, 11) is 2.08. The molecule has 0 radical (unpaired) electrons. The Morgan fingerprint density at radius 1 is 1.42 bits per heavy atom. The molecule has 0 amide bonds. The molecule has 0 atom stereocenters. The Morgan fingerprint density at radius 2 is 2.16 bits per heavy atom. The molecule has 2 rings (SSSR count). The highest BCUT2D eigenvalue weighted by Crippen LogP contribution is 2.13. The first-order chi connectivity index (χ1) is 9.13. The third-order valence-electron chi connectivity index (χ3n) is 3.27. The molecule has 0 spiro atoms. The number of rotatable bonds is 3. The Hall–Kier alpha value is -1.81. The molecule has 19 heavy (non-hydrogen) atoms. The predicted octanol–water partition coefficient (Wildman–Crippen LogP) is 1.92. The number of nitrogen functional groups attached to an aromatic ring is 1. The molecule has 0 unspecified atom stereocenters. The quantitative estimate of drug-likeness (QED) is 0.512. The number of piperidine rings is 1. The van der Waals surface area contributed by atoms with Gasteiger partial charge in [-0.15, -0.1) is 0 Å². The van der Waals surface area contributed by atoms with Crippen LogP contribution >= 0.6 is 0 Å². The highest BCUT2D eigenvalue weighted by Gasteiger charge is 2.19. The highest BCUT2D eigenvalue weighted by molar-refractivity contribution is 5.87. The van der Waals surface area contributed by atoms with E-state index in [9.17, 15) is 4.79 Å². The topological polar surface area (TPSA) is 55.6 Å². The van der Waals surface area contributed by atoms with E-state index < -0.39 is 0 Å². The number of likely N-dealkylation sites (tertiary alicyclic amines) is 1. The molecule has 1 heterocycles. The van der Waals surface area contributed by atoms with Gasteiger partial charge in [0.15, 0.2) is 0 Å². The Bertz CT molecular complexity index is 463. The maximum absolute atomic E-state index is 11.7. The molecule has 0 bridgehead atoms. The van der Waals surface area contributed by atoms with Crippen LogP contribution in [0.25, 0.3) is 6.08 Å². The van der Waals surface area contributed by atoms with Gasteiger partial charge in [0.2, 0.25) is 0 Å². The van der Waals surface area contributed by atoms with E-state index in [1.54, 1.807) is 6.08 Å². The zero-order chi connectivity index (χ0) is 13.7. The number of nitrogens with zero attached hydrogens (tertiary/aromatic N) is 1. The van der Waals surface area contributed by atoms with E-state index in [0.717, 1.165) is 31.5 Å². The minimum atomic E-state index is -0.281. The summed E-state index contributed by atoms with van der Waals surface area (Å²) in [6.07, 6.45) is 5.07. The summed E-state index contributed by atoms with van der Waals surface area (Å²) in [4.78, 5) is 13.9. The summed E-state index contributed by atoms with van der Waals surface area (Å²) in [5, 5.41) is 0. The van der Waals surface area contributed by atoms with Crippen LogP contribution in [0.15, 0.2) is 30.3 Å². The van der Waals surface area contributed by atoms with Gasteiger partial charge in [-0.2, -0.15) is 0 Å². The van der Waals surface area contributed by atoms with Gasteiger partial charge in [0.25, 0.3) is 0 Å². The average molecular weight is 260 g/mol. The van der Waals surface area contributed by atoms with Crippen LogP contribution in [0, 0.1) is 0 Å². The lowest BCUT2D eigenvalue weighted by molar-refractivity contribution is -0.144. The third kappa shape index (κ3) is 4.41. The lowest BCUT2D eigenvalue weighted by Crippen LogP contribution is -2.35. The Kier molecular flexibility index (Phi) is 4.58. The fourth-order valence-electron chi connectivity index (χ4n) is 2.13. The van der Waals surface area contributed by atoms with Gasteiger partial charge in [0, 0.05) is 24.9 Å². The molecule has 1 aromatic carbocycles. The molecule has 0 saturated carbocycles. The molecule has 0 aliphatic carbocycles. The number of hydrogen-bond acceptors (Lipinski definition) is 4. The zero-order valence-corrected chi connectivity index (χ0v) is 11.2. The number of carbonyl (C=O) groups is 1. The van der Waals surface area contributed by atoms with Crippen molar-refractivity contribution in [3.8, 4) is 0 Å². The van der Waals surface area contributed by atoms with Gasteiger partial charge >= 0.3 is 5.97 Å². The first-order valence-corrected chi connectivity index (χ1v) is 6.56. The summed E-state index contributed by atoms with van der Waals surface area (Å²) in [5.74, 6) is -0.281. The van der Waals surface area contributed by atoms with Crippen LogP contribution in [-0.2, 0) is 9.53 Å². The van der Waals surface area contributed by atoms with Crippen molar-refractivity contribution in [2.45, 2.75) is 18.9 Å². The first-order valence-electron chi connectivity index (χ1n) is 6.56. The molecule has 102 valence electrons. The van der Waals surface area contributed by atoms with Crippen molar-refractivity contribution in [1.29, 1.82) is 0 Å². The number of benzene rings is 1. The standard InChI is InChI=1S/C15H20N2O2/c1-17-9-7-14(8-10-17)19-15(18)6-5-12-3-2-4-13(16)11-12/h2-6,11,14H,7-10,16H2,1H3/b6-5+. The summed E-state index contributed by atoms with van der Waals surface area (Å²) < 4.78 is 5.41. The Labute approximate surface area is 113 Å². The van der Waals surface area contributed by atoms with Crippen LogP contribution < -0.4 is 5.73 Å². The molecule has 4 nitrogen and oxygen atoms in total. The number of carbonyl (C=O) groups excluding carboxylic acids is 1. The van der Waals surface area contributed by atoms with E-state index in [0.29, 0.717) is 5.69 Å². The number of nitrogens with two attached hydrogens (primary N) is 1. The second-order valence-electron chi connectivity index (χ2n) is 4.94. The molecule has 4 heteroatoms. The highest BCUT2D eigenvalue weighted by atomic mass is 16.5. The van der Waals surface area contributed by atoms with Crippen LogP contribution in [-0.4, -0.2) is 37.1 Å². The van der Waals surface area contributed by atoms with Gasteiger partial charge in [0.05, 0.1) is 0 Å². The van der Waals surface area contributed by atoms with Crippen molar-refractivity contribution < 1.29 is 9.53 Å². The second kappa shape index (κ2) is 6.38. The summed E-state index contributed by atoms with van der Waals surface area (Å²) >= 11 is 0. The van der Waals surface area contributed by atoms with Crippen molar-refractivity contribution in [3.63, 3.8) is 0 Å². The summed E-state index contributed by atoms with van der Waals surface area (Å²) in [6, 6.07) is 7.39. The van der Waals surface area contributed by atoms with Gasteiger partial charge in [-0.3, -0.25) is 0 Å². The maximum atomic E-state index is 11.7. The molecule has 1 aliphatic rings. The summed E-state index contributed by atoms with van der Waals surface area (Å²) in [5.41, 5.74) is 7.26. The van der Waals surface area contributed by atoms with Gasteiger partial charge < -0.3 is 15.4 Å². The fourth-order valence-corrected chi connectivity index (χ4v) is 2.13. The lowest BCUT2D eigenvalue weighted by Gasteiger charge is -2.28. The van der Waals surface area contributed by atoms with E-state index in [1.165, 1.54) is 6.08 Å². The minimum absolute atomic E-state index is 0.0502. The van der Waals surface area contributed by atoms with Gasteiger partial charge in [0.1, 0.15) is 6.10 Å². The van der Waals surface area contributed by atoms with Crippen LogP contribution in [0.3, 0.4) is 0 Å². The van der Waals surface area contributed by atoms with E-state index in [4.69, 9.17) is 10.5 Å². The number of hydrogen-bond donors (Lipinski definition) is 1. The van der Waals surface area contributed by atoms with Crippen molar-refractivity contribution in [1.82, 2.24) is 4.90 Å². The van der Waals surface area contributed by atoms with Crippen LogP contribution in [0.1, 0.15) is 18.4 Å². The molecule has 1 fully saturated rings. The third-order valence-corrected chi connectivity index (χ3v) is 3.27. The van der Waals surface area contributed by atoms with Gasteiger partial charge in [-0.05, 0) is 43.7 Å². The summed E-state index contributed by atoms with van der Waals surface area (Å²) in [6.45, 7) is 1.97. The first kappa shape index (κ1) is 13.6. The normalized spacial score (nSPS) is 17.7. The average Bonchev–Trinajstić information content (AvgIpc) is 2.39. The van der Waals surface area contributed by atoms with E-state index in [2.05, 4.69) is 11.9 Å². The predicted molar refractivity (Wildman–Crippen MR) is 76.5 cm³/mol. The van der Waals surface area contributed by atoms with Crippen molar-refractivity contribution in [2.24, 2.45) is 0 Å². The maximum Gasteiger partial charge on any atom is 0.331 e. The number of ether oxygens (including phenoxy) is 1. The SMILES string of the molecule is CN1CCC(OC(=O)/C=C/c2cccc(N)c2)CC1. The van der Waals surface area contributed by atoms with Gasteiger partial charge in [-0.25, -0.2) is 4.79 Å². The van der Waals surface area contributed by atoms with Crippen LogP contribution in [0.4, 0.5) is 5.69 Å². The van der Waals surface area contributed by atoms with Crippen LogP contribution in [0.5, 0.6) is 0 Å². The van der Waals surface area contributed by atoms with Crippen LogP contribution in [0.2, 0.25) is 0 Å². The monoisotopic (exact) mass is 260 g/mol. The van der Waals surface area contributed by atoms with E-state index >= 15 is 0 Å². The lowest BCUT2D eigenvalue weighted by atomic mass is 10.1. The minimum Gasteiger partial charge on any atom is -0.459 e. The molecule has 1 aromatic rings. The Balaban J connectivity index is 1.84. The molecule has 1 saturated heterocycles. The second-order valence-corrected chi connectivity index (χ2v) is 4.94. The molecule has 2 N–H and O–H groups in total. The van der Waals surface area contributed by atoms with Gasteiger partial charge in [-0.1, -0.05) is 12.1 Å². The van der Waals surface area contributed by atoms with Crippen molar-refractivity contribution in [2.75, 3.05) is 25.9 Å². The van der Waals surface area contributed by atoms with E-state index in [-0.39, 0.29) is 12.1 Å². The number of esters is 1. The molecular weight excluding hydrogens is 240 g/mol. The zero-order valence-electron chi connectivity index (χ0n) is 11.2. The van der Waals surface area contributed by atoms with Crippen molar-refractivity contribution >= 4 is 17.7 Å². The van der Waals surface area contributed by atoms with Crippen molar-refractivity contribution in [3.05, 3.63) is 35.9 Å². The molecule has 0 aromatic heterocycles. The fraction of sp³-hybridized carbons (Fsp3) is 0.400. The van der Waals surface area contributed by atoms with E-state index in [1.807, 2.05) is 24.3 Å². The molecule has 1 aliphatic heterocycles. The smallest absolute Gasteiger partial charge is 0.331 e.